The maximum Gasteiger partial charge on any atom is 0.323 e. The molecule has 1 fully saturated rings. The number of carboxylic acid groups (broad SMARTS) is 1. The fourth-order valence-corrected chi connectivity index (χ4v) is 4.27. The molecule has 3 aromatic rings. The molecular formula is C24H26ClN3O4. The molecule has 1 aromatic heterocycles. The number of fused-ring (bicyclic) bond motifs is 1. The number of hydrogen-bond acceptors (Lipinski definition) is 5. The molecule has 2 heterocycles. The van der Waals surface area contributed by atoms with Crippen LogP contribution in [0.1, 0.15) is 25.7 Å². The maximum absolute atomic E-state index is 13.2. The zero-order valence-electron chi connectivity index (χ0n) is 17.8. The predicted octanol–water partition coefficient (Wildman–Crippen LogP) is 4.06. The van der Waals surface area contributed by atoms with Crippen LogP contribution in [0.3, 0.4) is 0 Å². The molecule has 1 saturated heterocycles. The van der Waals surface area contributed by atoms with E-state index in [-0.39, 0.29) is 5.82 Å². The smallest absolute Gasteiger partial charge is 0.323 e. The van der Waals surface area contributed by atoms with Gasteiger partial charge in [0, 0.05) is 17.1 Å². The van der Waals surface area contributed by atoms with Crippen molar-refractivity contribution in [2.24, 2.45) is 0 Å². The number of piperidine rings is 1. The normalized spacial score (nSPS) is 14.5. The second-order valence-corrected chi connectivity index (χ2v) is 8.45. The first kappa shape index (κ1) is 22.3. The summed E-state index contributed by atoms with van der Waals surface area (Å²) in [5.41, 5.74) is 0.634. The summed E-state index contributed by atoms with van der Waals surface area (Å²) in [5, 5.41) is 10.2. The lowest BCUT2D eigenvalue weighted by molar-refractivity contribution is -0.137. The number of ether oxygens (including phenoxy) is 1. The minimum absolute atomic E-state index is 0.266. The van der Waals surface area contributed by atoms with E-state index in [0.29, 0.717) is 33.8 Å². The van der Waals surface area contributed by atoms with E-state index < -0.39 is 18.1 Å². The van der Waals surface area contributed by atoms with Gasteiger partial charge in [0.1, 0.15) is 18.1 Å². The summed E-state index contributed by atoms with van der Waals surface area (Å²) < 4.78 is 7.04. The summed E-state index contributed by atoms with van der Waals surface area (Å²) in [6, 6.07) is 12.0. The SMILES string of the molecule is O=C(O)Cn1c(-c2cccc(Cl)c2)nc2ccc(OCCCN3CCCCC3)cc2c1=O. The van der Waals surface area contributed by atoms with Crippen LogP contribution in [0.2, 0.25) is 5.02 Å². The molecule has 0 aliphatic carbocycles. The molecule has 0 radical (unpaired) electrons. The Morgan fingerprint density at radius 1 is 1.12 bits per heavy atom. The van der Waals surface area contributed by atoms with Crippen molar-refractivity contribution in [1.82, 2.24) is 14.5 Å². The fraction of sp³-hybridized carbons (Fsp3) is 0.375. The number of hydrogen-bond donors (Lipinski definition) is 1. The van der Waals surface area contributed by atoms with Crippen molar-refractivity contribution in [1.29, 1.82) is 0 Å². The minimum Gasteiger partial charge on any atom is -0.494 e. The Bertz CT molecular complexity index is 1170. The molecule has 7 nitrogen and oxygen atoms in total. The number of carboxylic acids is 1. The van der Waals surface area contributed by atoms with Crippen molar-refractivity contribution in [2.45, 2.75) is 32.2 Å². The highest BCUT2D eigenvalue weighted by Gasteiger charge is 2.16. The third-order valence-corrected chi connectivity index (χ3v) is 5.87. The molecule has 32 heavy (non-hydrogen) atoms. The third-order valence-electron chi connectivity index (χ3n) is 5.64. The van der Waals surface area contributed by atoms with E-state index in [0.717, 1.165) is 30.6 Å². The summed E-state index contributed by atoms with van der Waals surface area (Å²) in [7, 11) is 0. The number of halogens is 1. The highest BCUT2D eigenvalue weighted by molar-refractivity contribution is 6.30. The molecule has 4 rings (SSSR count). The zero-order chi connectivity index (χ0) is 22.5. The van der Waals surface area contributed by atoms with Crippen LogP contribution in [-0.2, 0) is 11.3 Å². The molecule has 0 amide bonds. The lowest BCUT2D eigenvalue weighted by Gasteiger charge is -2.26. The van der Waals surface area contributed by atoms with Gasteiger partial charge in [-0.2, -0.15) is 0 Å². The summed E-state index contributed by atoms with van der Waals surface area (Å²) in [5.74, 6) is -0.281. The first-order chi connectivity index (χ1) is 15.5. The number of carbonyl (C=O) groups is 1. The molecule has 0 bridgehead atoms. The summed E-state index contributed by atoms with van der Waals surface area (Å²) >= 11 is 6.09. The Hall–Kier alpha value is -2.90. The summed E-state index contributed by atoms with van der Waals surface area (Å²) in [6.45, 7) is 3.37. The van der Waals surface area contributed by atoms with E-state index in [1.54, 1.807) is 42.5 Å². The van der Waals surface area contributed by atoms with Crippen LogP contribution in [0.5, 0.6) is 5.75 Å². The van der Waals surface area contributed by atoms with Crippen LogP contribution in [0.15, 0.2) is 47.3 Å². The Morgan fingerprint density at radius 2 is 1.94 bits per heavy atom. The Labute approximate surface area is 191 Å². The Morgan fingerprint density at radius 3 is 2.69 bits per heavy atom. The summed E-state index contributed by atoms with van der Waals surface area (Å²) in [4.78, 5) is 31.7. The fourth-order valence-electron chi connectivity index (χ4n) is 4.08. The maximum atomic E-state index is 13.2. The number of aromatic nitrogens is 2. The second-order valence-electron chi connectivity index (χ2n) is 8.01. The van der Waals surface area contributed by atoms with E-state index in [4.69, 9.17) is 16.3 Å². The van der Waals surface area contributed by atoms with Gasteiger partial charge in [-0.25, -0.2) is 4.98 Å². The van der Waals surface area contributed by atoms with E-state index in [1.165, 1.54) is 19.3 Å². The average Bonchev–Trinajstić information content (AvgIpc) is 2.79. The van der Waals surface area contributed by atoms with Crippen LogP contribution in [0.25, 0.3) is 22.3 Å². The second kappa shape index (κ2) is 10.1. The predicted molar refractivity (Wildman–Crippen MR) is 124 cm³/mol. The van der Waals surface area contributed by atoms with Crippen molar-refractivity contribution in [3.05, 3.63) is 57.8 Å². The van der Waals surface area contributed by atoms with E-state index in [9.17, 15) is 14.7 Å². The van der Waals surface area contributed by atoms with Gasteiger partial charge in [-0.15, -0.1) is 0 Å². The molecule has 0 spiro atoms. The number of rotatable bonds is 8. The Balaban J connectivity index is 1.58. The lowest BCUT2D eigenvalue weighted by atomic mass is 10.1. The quantitative estimate of drug-likeness (QED) is 0.516. The molecular weight excluding hydrogens is 430 g/mol. The molecule has 1 N–H and O–H groups in total. The monoisotopic (exact) mass is 455 g/mol. The minimum atomic E-state index is -1.12. The third kappa shape index (κ3) is 5.29. The van der Waals surface area contributed by atoms with E-state index >= 15 is 0 Å². The van der Waals surface area contributed by atoms with Gasteiger partial charge in [-0.3, -0.25) is 14.2 Å². The molecule has 8 heteroatoms. The molecule has 1 aliphatic rings. The molecule has 1 aliphatic heterocycles. The standard InChI is InChI=1S/C24H26ClN3O4/c25-18-7-4-6-17(14-18)23-26-21-9-8-19(15-20(21)24(31)28(23)16-22(29)30)32-13-5-12-27-10-2-1-3-11-27/h4,6-9,14-15H,1-3,5,10-13,16H2,(H,29,30). The lowest BCUT2D eigenvalue weighted by Crippen LogP contribution is -2.31. The number of nitrogens with zero attached hydrogens (tertiary/aromatic N) is 3. The van der Waals surface area contributed by atoms with Crippen LogP contribution in [-0.4, -0.2) is 51.8 Å². The molecule has 0 unspecified atom stereocenters. The van der Waals surface area contributed by atoms with Gasteiger partial charge in [0.2, 0.25) is 0 Å². The van der Waals surface area contributed by atoms with Gasteiger partial charge in [-0.05, 0) is 62.7 Å². The molecule has 168 valence electrons. The van der Waals surface area contributed by atoms with Crippen LogP contribution >= 0.6 is 11.6 Å². The number of benzene rings is 2. The van der Waals surface area contributed by atoms with Crippen LogP contribution in [0, 0.1) is 0 Å². The van der Waals surface area contributed by atoms with Gasteiger partial charge < -0.3 is 14.7 Å². The van der Waals surface area contributed by atoms with Gasteiger partial charge in [0.05, 0.1) is 17.5 Å². The topological polar surface area (TPSA) is 84.7 Å². The highest BCUT2D eigenvalue weighted by atomic mass is 35.5. The first-order valence-corrected chi connectivity index (χ1v) is 11.3. The van der Waals surface area contributed by atoms with Crippen molar-refractivity contribution >= 4 is 28.5 Å². The number of likely N-dealkylation sites (tertiary alicyclic amines) is 1. The van der Waals surface area contributed by atoms with Gasteiger partial charge >= 0.3 is 5.97 Å². The van der Waals surface area contributed by atoms with Crippen LogP contribution in [0.4, 0.5) is 0 Å². The zero-order valence-corrected chi connectivity index (χ0v) is 18.6. The molecule has 0 saturated carbocycles. The van der Waals surface area contributed by atoms with E-state index in [2.05, 4.69) is 9.88 Å². The van der Waals surface area contributed by atoms with Crippen molar-refractivity contribution in [2.75, 3.05) is 26.2 Å². The van der Waals surface area contributed by atoms with Crippen LogP contribution < -0.4 is 10.3 Å². The van der Waals surface area contributed by atoms with Crippen molar-refractivity contribution in [3.8, 4) is 17.1 Å². The Kier molecular flexibility index (Phi) is 7.07. The largest absolute Gasteiger partial charge is 0.494 e. The van der Waals surface area contributed by atoms with Crippen molar-refractivity contribution in [3.63, 3.8) is 0 Å². The van der Waals surface area contributed by atoms with E-state index in [1.807, 2.05) is 0 Å². The number of aliphatic carboxylic acids is 1. The highest BCUT2D eigenvalue weighted by Crippen LogP contribution is 2.24. The van der Waals surface area contributed by atoms with Gasteiger partial charge in [0.25, 0.3) is 5.56 Å². The van der Waals surface area contributed by atoms with Gasteiger partial charge in [-0.1, -0.05) is 30.2 Å². The van der Waals surface area contributed by atoms with Crippen molar-refractivity contribution < 1.29 is 14.6 Å². The summed E-state index contributed by atoms with van der Waals surface area (Å²) in [6.07, 6.45) is 4.75. The first-order valence-electron chi connectivity index (χ1n) is 10.9. The molecule has 0 atom stereocenters. The molecule has 2 aromatic carbocycles. The average molecular weight is 456 g/mol. The van der Waals surface area contributed by atoms with Gasteiger partial charge in [0.15, 0.2) is 0 Å².